The molecule has 0 aliphatic heterocycles. The summed E-state index contributed by atoms with van der Waals surface area (Å²) in [4.78, 5) is 13.2. The highest BCUT2D eigenvalue weighted by Gasteiger charge is 2.12. The van der Waals surface area contributed by atoms with Crippen LogP contribution in [0.1, 0.15) is 17.5 Å². The molecule has 0 saturated heterocycles. The third-order valence-electron chi connectivity index (χ3n) is 4.64. The molecule has 0 amide bonds. The van der Waals surface area contributed by atoms with Gasteiger partial charge in [-0.25, -0.2) is 4.98 Å². The van der Waals surface area contributed by atoms with Crippen molar-refractivity contribution in [2.45, 2.75) is 25.8 Å². The van der Waals surface area contributed by atoms with Crippen molar-refractivity contribution in [2.24, 2.45) is 0 Å². The topological polar surface area (TPSA) is 78.8 Å². The number of rotatable bonds is 8. The summed E-state index contributed by atoms with van der Waals surface area (Å²) in [6.45, 7) is 1.31. The van der Waals surface area contributed by atoms with Crippen LogP contribution in [0.15, 0.2) is 67.0 Å². The van der Waals surface area contributed by atoms with E-state index in [4.69, 9.17) is 10.5 Å². The van der Waals surface area contributed by atoms with E-state index in [2.05, 4.69) is 39.2 Å². The second-order valence-corrected chi connectivity index (χ2v) is 6.67. The lowest BCUT2D eigenvalue weighted by molar-refractivity contribution is 0.288. The van der Waals surface area contributed by atoms with Gasteiger partial charge in [-0.05, 0) is 30.4 Å². The molecule has 0 spiro atoms. The minimum absolute atomic E-state index is 0.305. The van der Waals surface area contributed by atoms with Gasteiger partial charge in [0.05, 0.1) is 12.9 Å². The number of anilines is 1. The van der Waals surface area contributed by atoms with Crippen molar-refractivity contribution in [2.75, 3.05) is 12.3 Å². The summed E-state index contributed by atoms with van der Waals surface area (Å²) in [6, 6.07) is 21.0. The van der Waals surface area contributed by atoms with Gasteiger partial charge in [0, 0.05) is 6.54 Å². The summed E-state index contributed by atoms with van der Waals surface area (Å²) in [5.41, 5.74) is 9.95. The van der Waals surface area contributed by atoms with Gasteiger partial charge in [0.15, 0.2) is 17.0 Å². The van der Waals surface area contributed by atoms with Crippen molar-refractivity contribution >= 4 is 17.0 Å². The molecule has 2 aromatic heterocycles. The van der Waals surface area contributed by atoms with E-state index in [0.29, 0.717) is 29.6 Å². The predicted octanol–water partition coefficient (Wildman–Crippen LogP) is 3.66. The smallest absolute Gasteiger partial charge is 0.320 e. The molecule has 6 nitrogen and oxygen atoms in total. The molecule has 142 valence electrons. The summed E-state index contributed by atoms with van der Waals surface area (Å²) in [5, 5.41) is 0. The lowest BCUT2D eigenvalue weighted by Crippen LogP contribution is -2.07. The molecule has 4 rings (SSSR count). The number of nitrogens with two attached hydrogens (primary N) is 1. The second-order valence-electron chi connectivity index (χ2n) is 6.67. The van der Waals surface area contributed by atoms with Crippen LogP contribution in [0.3, 0.4) is 0 Å². The van der Waals surface area contributed by atoms with Crippen LogP contribution in [0.2, 0.25) is 0 Å². The third-order valence-corrected chi connectivity index (χ3v) is 4.64. The Labute approximate surface area is 164 Å². The van der Waals surface area contributed by atoms with Gasteiger partial charge < -0.3 is 15.0 Å². The number of aryl methyl sites for hydroxylation is 3. The Balaban J connectivity index is 1.41. The SMILES string of the molecule is Nc1nc(OCCCc2ccccc2)nc2c1ncn2CCc1ccccc1. The Morgan fingerprint density at radius 1 is 0.857 bits per heavy atom. The predicted molar refractivity (Wildman–Crippen MR) is 110 cm³/mol. The Kier molecular flexibility index (Phi) is 5.47. The molecule has 0 bridgehead atoms. The minimum atomic E-state index is 0.305. The fraction of sp³-hybridized carbons (Fsp3) is 0.227. The van der Waals surface area contributed by atoms with Gasteiger partial charge >= 0.3 is 6.01 Å². The van der Waals surface area contributed by atoms with Crippen LogP contribution in [0.5, 0.6) is 6.01 Å². The molecule has 0 aliphatic carbocycles. The zero-order valence-corrected chi connectivity index (χ0v) is 15.7. The molecule has 6 heteroatoms. The minimum Gasteiger partial charge on any atom is -0.463 e. The van der Waals surface area contributed by atoms with Gasteiger partial charge in [0.1, 0.15) is 0 Å². The first-order valence-electron chi connectivity index (χ1n) is 9.48. The van der Waals surface area contributed by atoms with E-state index in [-0.39, 0.29) is 0 Å². The molecule has 0 atom stereocenters. The molecule has 2 aromatic carbocycles. The number of nitrogen functional groups attached to an aromatic ring is 1. The maximum absolute atomic E-state index is 6.07. The standard InChI is InChI=1S/C22H23N5O/c23-20-19-21(27(16-24-19)14-13-18-10-5-2-6-11-18)26-22(25-20)28-15-7-12-17-8-3-1-4-9-17/h1-6,8-11,16H,7,12-15H2,(H2,23,25,26). The van der Waals surface area contributed by atoms with Crippen LogP contribution in [-0.2, 0) is 19.4 Å². The van der Waals surface area contributed by atoms with E-state index in [1.54, 1.807) is 6.33 Å². The van der Waals surface area contributed by atoms with E-state index >= 15 is 0 Å². The Morgan fingerprint density at radius 2 is 1.54 bits per heavy atom. The first-order valence-corrected chi connectivity index (χ1v) is 9.48. The summed E-state index contributed by atoms with van der Waals surface area (Å²) in [7, 11) is 0. The fourth-order valence-corrected chi connectivity index (χ4v) is 3.15. The van der Waals surface area contributed by atoms with Crippen LogP contribution in [-0.4, -0.2) is 26.1 Å². The van der Waals surface area contributed by atoms with Gasteiger partial charge in [-0.15, -0.1) is 0 Å². The zero-order valence-electron chi connectivity index (χ0n) is 15.7. The van der Waals surface area contributed by atoms with E-state index < -0.39 is 0 Å². The van der Waals surface area contributed by atoms with E-state index in [1.165, 1.54) is 11.1 Å². The van der Waals surface area contributed by atoms with Gasteiger partial charge in [-0.3, -0.25) is 0 Å². The maximum Gasteiger partial charge on any atom is 0.320 e. The highest BCUT2D eigenvalue weighted by atomic mass is 16.5. The molecule has 4 aromatic rings. The summed E-state index contributed by atoms with van der Waals surface area (Å²) in [6.07, 6.45) is 4.49. The summed E-state index contributed by atoms with van der Waals surface area (Å²) in [5.74, 6) is 0.349. The lowest BCUT2D eigenvalue weighted by Gasteiger charge is -2.08. The number of hydrogen-bond donors (Lipinski definition) is 1. The van der Waals surface area contributed by atoms with Crippen LogP contribution in [0.4, 0.5) is 5.82 Å². The highest BCUT2D eigenvalue weighted by molar-refractivity contribution is 5.81. The van der Waals surface area contributed by atoms with Crippen LogP contribution >= 0.6 is 0 Å². The summed E-state index contributed by atoms with van der Waals surface area (Å²) < 4.78 is 7.76. The number of nitrogens with zero attached hydrogens (tertiary/aromatic N) is 4. The molecule has 2 N–H and O–H groups in total. The Morgan fingerprint density at radius 3 is 2.25 bits per heavy atom. The Hall–Kier alpha value is -3.41. The van der Waals surface area contributed by atoms with Gasteiger partial charge in [0.25, 0.3) is 0 Å². The molecule has 0 unspecified atom stereocenters. The number of fused-ring (bicyclic) bond motifs is 1. The number of imidazole rings is 1. The molecule has 0 fully saturated rings. The molecule has 0 aliphatic rings. The van der Waals surface area contributed by atoms with Crippen LogP contribution < -0.4 is 10.5 Å². The zero-order chi connectivity index (χ0) is 19.2. The number of hydrogen-bond acceptors (Lipinski definition) is 5. The lowest BCUT2D eigenvalue weighted by atomic mass is 10.1. The van der Waals surface area contributed by atoms with Crippen molar-refractivity contribution in [3.05, 3.63) is 78.1 Å². The van der Waals surface area contributed by atoms with E-state index in [1.807, 2.05) is 41.0 Å². The number of aromatic nitrogens is 4. The monoisotopic (exact) mass is 373 g/mol. The quantitative estimate of drug-likeness (QED) is 0.477. The number of benzene rings is 2. The van der Waals surface area contributed by atoms with Crippen molar-refractivity contribution in [1.82, 2.24) is 19.5 Å². The largest absolute Gasteiger partial charge is 0.463 e. The third kappa shape index (κ3) is 4.28. The maximum atomic E-state index is 6.07. The Bertz CT molecular complexity index is 1030. The average Bonchev–Trinajstić information content (AvgIpc) is 3.15. The highest BCUT2D eigenvalue weighted by Crippen LogP contribution is 2.20. The van der Waals surface area contributed by atoms with Gasteiger partial charge in [-0.2, -0.15) is 9.97 Å². The number of ether oxygens (including phenoxy) is 1. The molecular weight excluding hydrogens is 350 g/mol. The van der Waals surface area contributed by atoms with E-state index in [0.717, 1.165) is 25.8 Å². The normalized spacial score (nSPS) is 11.0. The average molecular weight is 373 g/mol. The first kappa shape index (κ1) is 18.0. The molecule has 0 radical (unpaired) electrons. The van der Waals surface area contributed by atoms with Crippen molar-refractivity contribution < 1.29 is 4.74 Å². The fourth-order valence-electron chi connectivity index (χ4n) is 3.15. The molecule has 2 heterocycles. The van der Waals surface area contributed by atoms with Gasteiger partial charge in [0.2, 0.25) is 0 Å². The molecule has 28 heavy (non-hydrogen) atoms. The summed E-state index contributed by atoms with van der Waals surface area (Å²) >= 11 is 0. The van der Waals surface area contributed by atoms with E-state index in [9.17, 15) is 0 Å². The van der Waals surface area contributed by atoms with Crippen molar-refractivity contribution in [1.29, 1.82) is 0 Å². The van der Waals surface area contributed by atoms with Gasteiger partial charge in [-0.1, -0.05) is 60.7 Å². The first-order chi connectivity index (χ1) is 13.8. The van der Waals surface area contributed by atoms with Crippen LogP contribution in [0, 0.1) is 0 Å². The molecular formula is C22H23N5O. The second kappa shape index (κ2) is 8.52. The van der Waals surface area contributed by atoms with Crippen molar-refractivity contribution in [3.63, 3.8) is 0 Å². The van der Waals surface area contributed by atoms with Crippen molar-refractivity contribution in [3.8, 4) is 6.01 Å². The molecule has 0 saturated carbocycles. The van der Waals surface area contributed by atoms with Crippen LogP contribution in [0.25, 0.3) is 11.2 Å².